The summed E-state index contributed by atoms with van der Waals surface area (Å²) in [5.74, 6) is 0.0591. The predicted octanol–water partition coefficient (Wildman–Crippen LogP) is 5.90. The molecular formula is C33H30FN3O4S. The highest BCUT2D eigenvalue weighted by atomic mass is 32.2. The minimum absolute atomic E-state index is 0.176. The van der Waals surface area contributed by atoms with Crippen molar-refractivity contribution in [3.63, 3.8) is 0 Å². The molecule has 0 saturated carbocycles. The molecule has 9 heteroatoms. The summed E-state index contributed by atoms with van der Waals surface area (Å²) in [6, 6.07) is 28.3. The van der Waals surface area contributed by atoms with Gasteiger partial charge in [0.15, 0.2) is 0 Å². The number of benzene rings is 4. The number of hydrogen-bond donors (Lipinski definition) is 0. The van der Waals surface area contributed by atoms with E-state index in [1.54, 1.807) is 59.9 Å². The van der Waals surface area contributed by atoms with E-state index in [4.69, 9.17) is 4.74 Å². The van der Waals surface area contributed by atoms with Crippen LogP contribution in [-0.2, 0) is 10.0 Å². The third kappa shape index (κ3) is 4.84. The number of nitrogens with zero attached hydrogens (tertiary/aromatic N) is 3. The van der Waals surface area contributed by atoms with Crippen molar-refractivity contribution in [1.29, 1.82) is 0 Å². The normalized spacial score (nSPS) is 14.3. The minimum atomic E-state index is -3.76. The lowest BCUT2D eigenvalue weighted by molar-refractivity contribution is 0.0697. The van der Waals surface area contributed by atoms with Gasteiger partial charge < -0.3 is 14.2 Å². The van der Waals surface area contributed by atoms with Crippen LogP contribution >= 0.6 is 0 Å². The van der Waals surface area contributed by atoms with Crippen molar-refractivity contribution in [3.8, 4) is 22.7 Å². The van der Waals surface area contributed by atoms with Crippen molar-refractivity contribution in [3.05, 3.63) is 114 Å². The number of rotatable bonds is 6. The zero-order chi connectivity index (χ0) is 29.4. The molecule has 0 aliphatic carbocycles. The zero-order valence-corrected chi connectivity index (χ0v) is 24.1. The molecule has 0 radical (unpaired) electrons. The van der Waals surface area contributed by atoms with Crippen LogP contribution in [0.4, 0.5) is 4.39 Å². The fraction of sp³-hybridized carbons (Fsp3) is 0.182. The van der Waals surface area contributed by atoms with E-state index in [0.29, 0.717) is 33.8 Å². The van der Waals surface area contributed by atoms with Crippen LogP contribution < -0.4 is 4.74 Å². The van der Waals surface area contributed by atoms with E-state index in [-0.39, 0.29) is 37.0 Å². The fourth-order valence-corrected chi connectivity index (χ4v) is 7.24. The first-order valence-corrected chi connectivity index (χ1v) is 15.1. The Morgan fingerprint density at radius 3 is 2.21 bits per heavy atom. The Bertz CT molecular complexity index is 1890. The van der Waals surface area contributed by atoms with Crippen molar-refractivity contribution in [2.24, 2.45) is 0 Å². The molecule has 0 unspecified atom stereocenters. The molecule has 1 aliphatic heterocycles. The quantitative estimate of drug-likeness (QED) is 0.250. The van der Waals surface area contributed by atoms with Crippen LogP contribution in [0.15, 0.2) is 102 Å². The van der Waals surface area contributed by atoms with Crippen molar-refractivity contribution < 1.29 is 22.3 Å². The second kappa shape index (κ2) is 11.1. The van der Waals surface area contributed by atoms with Gasteiger partial charge in [-0.15, -0.1) is 0 Å². The summed E-state index contributed by atoms with van der Waals surface area (Å²) >= 11 is 0. The highest BCUT2D eigenvalue weighted by Crippen LogP contribution is 2.33. The zero-order valence-electron chi connectivity index (χ0n) is 23.3. The average Bonchev–Trinajstić information content (AvgIpc) is 3.37. The Morgan fingerprint density at radius 2 is 1.50 bits per heavy atom. The SMILES string of the molecule is COc1ccc(-c2cc(C(=O)N3CCN(S(=O)(=O)c4cccc5ccccc45)CC3)c(C)n2-c2ccccc2F)cc1. The van der Waals surface area contributed by atoms with Gasteiger partial charge in [-0.3, -0.25) is 4.79 Å². The molecule has 7 nitrogen and oxygen atoms in total. The highest BCUT2D eigenvalue weighted by Gasteiger charge is 2.33. The number of amides is 1. The first-order chi connectivity index (χ1) is 20.3. The Hall–Kier alpha value is -4.47. The van der Waals surface area contributed by atoms with Gasteiger partial charge in [-0.2, -0.15) is 4.31 Å². The lowest BCUT2D eigenvalue weighted by atomic mass is 10.1. The number of halogens is 1. The monoisotopic (exact) mass is 583 g/mol. The largest absolute Gasteiger partial charge is 0.497 e. The number of para-hydroxylation sites is 1. The van der Waals surface area contributed by atoms with Crippen LogP contribution in [0.25, 0.3) is 27.7 Å². The maximum atomic E-state index is 15.0. The topological polar surface area (TPSA) is 71.8 Å². The molecule has 0 bridgehead atoms. The Labute approximate surface area is 244 Å². The Balaban J connectivity index is 1.30. The van der Waals surface area contributed by atoms with Gasteiger partial charge in [-0.25, -0.2) is 12.8 Å². The second-order valence-electron chi connectivity index (χ2n) is 10.2. The molecule has 2 heterocycles. The van der Waals surface area contributed by atoms with Crippen molar-refractivity contribution >= 4 is 26.7 Å². The molecule has 5 aromatic rings. The first-order valence-electron chi connectivity index (χ1n) is 13.7. The van der Waals surface area contributed by atoms with Crippen LogP contribution in [0, 0.1) is 12.7 Å². The van der Waals surface area contributed by atoms with Gasteiger partial charge in [-0.1, -0.05) is 48.5 Å². The van der Waals surface area contributed by atoms with Crippen molar-refractivity contribution in [1.82, 2.24) is 13.8 Å². The molecule has 1 amide bonds. The predicted molar refractivity (Wildman–Crippen MR) is 161 cm³/mol. The van der Waals surface area contributed by atoms with Crippen LogP contribution in [0.5, 0.6) is 5.75 Å². The van der Waals surface area contributed by atoms with E-state index in [1.165, 1.54) is 10.4 Å². The minimum Gasteiger partial charge on any atom is -0.497 e. The molecule has 1 fully saturated rings. The molecule has 1 aliphatic rings. The third-order valence-electron chi connectivity index (χ3n) is 7.85. The van der Waals surface area contributed by atoms with E-state index in [0.717, 1.165) is 10.9 Å². The van der Waals surface area contributed by atoms with E-state index in [1.807, 2.05) is 54.6 Å². The average molecular weight is 584 g/mol. The number of ether oxygens (including phenoxy) is 1. The number of aromatic nitrogens is 1. The van der Waals surface area contributed by atoms with Gasteiger partial charge in [0, 0.05) is 37.3 Å². The Morgan fingerprint density at radius 1 is 0.833 bits per heavy atom. The van der Waals surface area contributed by atoms with Crippen LogP contribution in [0.1, 0.15) is 16.1 Å². The lowest BCUT2D eigenvalue weighted by Gasteiger charge is -2.34. The molecule has 214 valence electrons. The third-order valence-corrected chi connectivity index (χ3v) is 9.81. The van der Waals surface area contributed by atoms with Crippen molar-refractivity contribution in [2.75, 3.05) is 33.3 Å². The van der Waals surface area contributed by atoms with E-state index < -0.39 is 15.8 Å². The van der Waals surface area contributed by atoms with Crippen LogP contribution in [0.3, 0.4) is 0 Å². The molecule has 6 rings (SSSR count). The molecule has 0 atom stereocenters. The van der Waals surface area contributed by atoms with Gasteiger partial charge in [0.05, 0.1) is 29.0 Å². The summed E-state index contributed by atoms with van der Waals surface area (Å²) < 4.78 is 50.8. The summed E-state index contributed by atoms with van der Waals surface area (Å²) in [7, 11) is -2.17. The van der Waals surface area contributed by atoms with E-state index in [2.05, 4.69) is 0 Å². The fourth-order valence-electron chi connectivity index (χ4n) is 5.60. The standard InChI is InChI=1S/C33H30FN3O4S/c1-23-28(22-31(25-14-16-26(41-2)17-15-25)37(23)30-12-6-5-11-29(30)34)33(38)35-18-20-36(21-19-35)42(39,40)32-13-7-9-24-8-3-4-10-27(24)32/h3-17,22H,18-21H2,1-2H3. The number of fused-ring (bicyclic) bond motifs is 1. The van der Waals surface area contributed by atoms with Gasteiger partial charge in [-0.05, 0) is 66.4 Å². The number of sulfonamides is 1. The second-order valence-corrected chi connectivity index (χ2v) is 12.1. The molecule has 1 aromatic heterocycles. The van der Waals surface area contributed by atoms with Gasteiger partial charge in [0.2, 0.25) is 10.0 Å². The van der Waals surface area contributed by atoms with E-state index in [9.17, 15) is 13.2 Å². The smallest absolute Gasteiger partial charge is 0.255 e. The number of hydrogen-bond acceptors (Lipinski definition) is 4. The maximum absolute atomic E-state index is 15.0. The highest BCUT2D eigenvalue weighted by molar-refractivity contribution is 7.89. The number of methoxy groups -OCH3 is 1. The summed E-state index contributed by atoms with van der Waals surface area (Å²) in [5, 5.41) is 1.53. The summed E-state index contributed by atoms with van der Waals surface area (Å²) in [6.07, 6.45) is 0. The van der Waals surface area contributed by atoms with Gasteiger partial charge in [0.25, 0.3) is 5.91 Å². The number of carbonyl (C=O) groups is 1. The number of piperazine rings is 1. The summed E-state index contributed by atoms with van der Waals surface area (Å²) in [5.41, 5.74) is 2.84. The maximum Gasteiger partial charge on any atom is 0.255 e. The lowest BCUT2D eigenvalue weighted by Crippen LogP contribution is -2.50. The van der Waals surface area contributed by atoms with Crippen LogP contribution in [0.2, 0.25) is 0 Å². The molecule has 4 aromatic carbocycles. The molecule has 0 N–H and O–H groups in total. The Kier molecular flexibility index (Phi) is 7.30. The van der Waals surface area contributed by atoms with Crippen molar-refractivity contribution in [2.45, 2.75) is 11.8 Å². The summed E-state index contributed by atoms with van der Waals surface area (Å²) in [6.45, 7) is 2.63. The molecule has 1 saturated heterocycles. The van der Waals surface area contributed by atoms with Gasteiger partial charge >= 0.3 is 0 Å². The summed E-state index contributed by atoms with van der Waals surface area (Å²) in [4.78, 5) is 15.8. The molecule has 0 spiro atoms. The molecular weight excluding hydrogens is 553 g/mol. The van der Waals surface area contributed by atoms with Crippen LogP contribution in [-0.4, -0.2) is 61.4 Å². The first kappa shape index (κ1) is 27.7. The van der Waals surface area contributed by atoms with E-state index >= 15 is 4.39 Å². The number of carbonyl (C=O) groups excluding carboxylic acids is 1. The molecule has 42 heavy (non-hydrogen) atoms. The van der Waals surface area contributed by atoms with Gasteiger partial charge in [0.1, 0.15) is 11.6 Å².